The number of amides is 1. The summed E-state index contributed by atoms with van der Waals surface area (Å²) in [5.41, 5.74) is 2.55. The van der Waals surface area contributed by atoms with Crippen LogP contribution in [0.1, 0.15) is 11.1 Å². The molecule has 0 saturated carbocycles. The van der Waals surface area contributed by atoms with Crippen molar-refractivity contribution in [3.05, 3.63) is 45.1 Å². The zero-order chi connectivity index (χ0) is 13.8. The number of anilines is 1. The number of ether oxygens (including phenoxy) is 1. The first-order valence-corrected chi connectivity index (χ1v) is 7.07. The van der Waals surface area contributed by atoms with Gasteiger partial charge in [0.2, 0.25) is 5.91 Å². The number of thiophene rings is 1. The summed E-state index contributed by atoms with van der Waals surface area (Å²) in [6.07, 6.45) is 0.355. The van der Waals surface area contributed by atoms with E-state index in [0.717, 1.165) is 11.1 Å². The van der Waals surface area contributed by atoms with Crippen LogP contribution in [0.25, 0.3) is 0 Å². The van der Waals surface area contributed by atoms with Crippen molar-refractivity contribution in [2.45, 2.75) is 13.3 Å². The van der Waals surface area contributed by atoms with Gasteiger partial charge in [-0.1, -0.05) is 11.6 Å². The molecule has 1 N–H and O–H groups in total. The fourth-order valence-corrected chi connectivity index (χ4v) is 2.53. The summed E-state index contributed by atoms with van der Waals surface area (Å²) < 4.78 is 5.22. The van der Waals surface area contributed by atoms with E-state index in [1.807, 2.05) is 29.8 Å². The smallest absolute Gasteiger partial charge is 0.228 e. The third kappa shape index (κ3) is 3.49. The van der Waals surface area contributed by atoms with Crippen molar-refractivity contribution in [2.24, 2.45) is 0 Å². The van der Waals surface area contributed by atoms with Crippen molar-refractivity contribution >= 4 is 34.5 Å². The van der Waals surface area contributed by atoms with E-state index in [-0.39, 0.29) is 5.91 Å². The molecule has 0 atom stereocenters. The molecule has 0 aliphatic rings. The second kappa shape index (κ2) is 6.08. The third-order valence-electron chi connectivity index (χ3n) is 2.70. The van der Waals surface area contributed by atoms with Crippen LogP contribution in [0.4, 0.5) is 5.69 Å². The standard InChI is InChI=1S/C14H14ClNO2S/c1-9-5-12(13(18-2)7-11(9)15)16-14(17)6-10-3-4-19-8-10/h3-5,7-8H,6H2,1-2H3,(H,16,17). The highest BCUT2D eigenvalue weighted by molar-refractivity contribution is 7.08. The number of aryl methyl sites for hydroxylation is 1. The average molecular weight is 296 g/mol. The Morgan fingerprint density at radius 1 is 1.47 bits per heavy atom. The quantitative estimate of drug-likeness (QED) is 0.929. The summed E-state index contributed by atoms with van der Waals surface area (Å²) in [6.45, 7) is 1.89. The highest BCUT2D eigenvalue weighted by Gasteiger charge is 2.11. The van der Waals surface area contributed by atoms with E-state index in [1.54, 1.807) is 24.5 Å². The molecule has 0 bridgehead atoms. The Kier molecular flexibility index (Phi) is 4.45. The summed E-state index contributed by atoms with van der Waals surface area (Å²) >= 11 is 7.60. The predicted octanol–water partition coefficient (Wildman–Crippen LogP) is 3.90. The molecule has 2 aromatic rings. The first-order chi connectivity index (χ1) is 9.10. The lowest BCUT2D eigenvalue weighted by Crippen LogP contribution is -2.14. The average Bonchev–Trinajstić information content (AvgIpc) is 2.86. The Morgan fingerprint density at radius 3 is 2.89 bits per heavy atom. The van der Waals surface area contributed by atoms with Crippen LogP contribution < -0.4 is 10.1 Å². The molecule has 19 heavy (non-hydrogen) atoms. The summed E-state index contributed by atoms with van der Waals surface area (Å²) in [5, 5.41) is 7.38. The fourth-order valence-electron chi connectivity index (χ4n) is 1.70. The highest BCUT2D eigenvalue weighted by atomic mass is 35.5. The van der Waals surface area contributed by atoms with E-state index in [1.165, 1.54) is 0 Å². The number of rotatable bonds is 4. The molecule has 5 heteroatoms. The number of methoxy groups -OCH3 is 1. The monoisotopic (exact) mass is 295 g/mol. The van der Waals surface area contributed by atoms with Gasteiger partial charge < -0.3 is 10.1 Å². The Labute approximate surface area is 121 Å². The van der Waals surface area contributed by atoms with Gasteiger partial charge in [-0.25, -0.2) is 0 Å². The Bertz CT molecular complexity index is 581. The van der Waals surface area contributed by atoms with E-state index in [4.69, 9.17) is 16.3 Å². The molecule has 0 fully saturated rings. The van der Waals surface area contributed by atoms with E-state index in [2.05, 4.69) is 5.32 Å². The van der Waals surface area contributed by atoms with Crippen LogP contribution in [0.2, 0.25) is 5.02 Å². The van der Waals surface area contributed by atoms with Crippen LogP contribution in [0.15, 0.2) is 29.0 Å². The van der Waals surface area contributed by atoms with Crippen molar-refractivity contribution in [1.29, 1.82) is 0 Å². The van der Waals surface area contributed by atoms with Crippen LogP contribution in [0.5, 0.6) is 5.75 Å². The number of hydrogen-bond acceptors (Lipinski definition) is 3. The first-order valence-electron chi connectivity index (χ1n) is 5.75. The number of halogens is 1. The molecule has 0 aliphatic heterocycles. The second-order valence-electron chi connectivity index (χ2n) is 4.16. The molecule has 1 aromatic carbocycles. The number of benzene rings is 1. The number of carbonyl (C=O) groups excluding carboxylic acids is 1. The van der Waals surface area contributed by atoms with E-state index in [0.29, 0.717) is 22.9 Å². The van der Waals surface area contributed by atoms with Gasteiger partial charge in [-0.3, -0.25) is 4.79 Å². The number of nitrogens with one attached hydrogen (secondary N) is 1. The minimum absolute atomic E-state index is 0.0709. The maximum atomic E-state index is 11.9. The fraction of sp³-hybridized carbons (Fsp3) is 0.214. The molecular formula is C14H14ClNO2S. The largest absolute Gasteiger partial charge is 0.495 e. The molecule has 1 aromatic heterocycles. The third-order valence-corrected chi connectivity index (χ3v) is 3.84. The van der Waals surface area contributed by atoms with Crippen LogP contribution in [-0.2, 0) is 11.2 Å². The van der Waals surface area contributed by atoms with Gasteiger partial charge in [0.1, 0.15) is 5.75 Å². The molecule has 0 saturated heterocycles. The molecular weight excluding hydrogens is 282 g/mol. The summed E-state index contributed by atoms with van der Waals surface area (Å²) in [6, 6.07) is 5.46. The van der Waals surface area contributed by atoms with Crippen LogP contribution in [0, 0.1) is 6.92 Å². The van der Waals surface area contributed by atoms with Gasteiger partial charge in [0.15, 0.2) is 0 Å². The molecule has 0 aliphatic carbocycles. The molecule has 0 unspecified atom stereocenters. The van der Waals surface area contributed by atoms with E-state index < -0.39 is 0 Å². The predicted molar refractivity (Wildman–Crippen MR) is 79.4 cm³/mol. The van der Waals surface area contributed by atoms with Gasteiger partial charge in [-0.2, -0.15) is 11.3 Å². The molecule has 1 amide bonds. The lowest BCUT2D eigenvalue weighted by molar-refractivity contribution is -0.115. The van der Waals surface area contributed by atoms with Crippen molar-refractivity contribution in [3.8, 4) is 5.75 Å². The van der Waals surface area contributed by atoms with Crippen molar-refractivity contribution in [1.82, 2.24) is 0 Å². The van der Waals surface area contributed by atoms with Crippen LogP contribution >= 0.6 is 22.9 Å². The van der Waals surface area contributed by atoms with Crippen molar-refractivity contribution in [2.75, 3.05) is 12.4 Å². The maximum absolute atomic E-state index is 11.9. The number of hydrogen-bond donors (Lipinski definition) is 1. The minimum Gasteiger partial charge on any atom is -0.495 e. The zero-order valence-corrected chi connectivity index (χ0v) is 12.3. The lowest BCUT2D eigenvalue weighted by Gasteiger charge is -2.12. The van der Waals surface area contributed by atoms with Gasteiger partial charge in [0.05, 0.1) is 19.2 Å². The Balaban J connectivity index is 2.14. The van der Waals surface area contributed by atoms with Crippen molar-refractivity contribution in [3.63, 3.8) is 0 Å². The van der Waals surface area contributed by atoms with E-state index in [9.17, 15) is 4.79 Å². The SMILES string of the molecule is COc1cc(Cl)c(C)cc1NC(=O)Cc1ccsc1. The minimum atomic E-state index is -0.0709. The van der Waals surface area contributed by atoms with Crippen molar-refractivity contribution < 1.29 is 9.53 Å². The van der Waals surface area contributed by atoms with Crippen LogP contribution in [-0.4, -0.2) is 13.0 Å². The Morgan fingerprint density at radius 2 is 2.26 bits per heavy atom. The Hall–Kier alpha value is -1.52. The highest BCUT2D eigenvalue weighted by Crippen LogP contribution is 2.31. The van der Waals surface area contributed by atoms with Gasteiger partial charge >= 0.3 is 0 Å². The zero-order valence-electron chi connectivity index (χ0n) is 10.7. The molecule has 3 nitrogen and oxygen atoms in total. The summed E-state index contributed by atoms with van der Waals surface area (Å²) in [4.78, 5) is 11.9. The van der Waals surface area contributed by atoms with Gasteiger partial charge in [0, 0.05) is 11.1 Å². The van der Waals surface area contributed by atoms with E-state index >= 15 is 0 Å². The summed E-state index contributed by atoms with van der Waals surface area (Å²) in [7, 11) is 1.55. The normalized spacial score (nSPS) is 10.3. The topological polar surface area (TPSA) is 38.3 Å². The van der Waals surface area contributed by atoms with Gasteiger partial charge in [0.25, 0.3) is 0 Å². The van der Waals surface area contributed by atoms with Crippen LogP contribution in [0.3, 0.4) is 0 Å². The van der Waals surface area contributed by atoms with Gasteiger partial charge in [-0.15, -0.1) is 0 Å². The maximum Gasteiger partial charge on any atom is 0.228 e. The lowest BCUT2D eigenvalue weighted by atomic mass is 10.2. The van der Waals surface area contributed by atoms with Gasteiger partial charge in [-0.05, 0) is 40.9 Å². The molecule has 100 valence electrons. The first kappa shape index (κ1) is 13.9. The number of carbonyl (C=O) groups is 1. The molecule has 1 heterocycles. The molecule has 0 radical (unpaired) electrons. The second-order valence-corrected chi connectivity index (χ2v) is 5.35. The molecule has 0 spiro atoms. The summed E-state index contributed by atoms with van der Waals surface area (Å²) in [5.74, 6) is 0.493. The molecule has 2 rings (SSSR count).